The monoisotopic (exact) mass is 529 g/mol. The summed E-state index contributed by atoms with van der Waals surface area (Å²) in [5, 5.41) is 10.3. The van der Waals surface area contributed by atoms with E-state index >= 15 is 0 Å². The first-order valence-corrected chi connectivity index (χ1v) is 11.4. The van der Waals surface area contributed by atoms with Gasteiger partial charge in [-0.05, 0) is 59.9 Å². The van der Waals surface area contributed by atoms with Crippen LogP contribution in [0.5, 0.6) is 5.75 Å². The van der Waals surface area contributed by atoms with Crippen molar-refractivity contribution in [1.82, 2.24) is 0 Å². The molecule has 3 aromatic carbocycles. The van der Waals surface area contributed by atoms with Crippen LogP contribution in [0, 0.1) is 6.92 Å². The molecule has 0 radical (unpaired) electrons. The molecule has 10 heteroatoms. The molecule has 0 fully saturated rings. The Morgan fingerprint density at radius 3 is 2.39 bits per heavy atom. The molecule has 36 heavy (non-hydrogen) atoms. The summed E-state index contributed by atoms with van der Waals surface area (Å²) in [6.07, 6.45) is -12.1. The number of para-hydroxylation sites is 1. The van der Waals surface area contributed by atoms with Gasteiger partial charge in [-0.25, -0.2) is 0 Å². The van der Waals surface area contributed by atoms with E-state index in [0.29, 0.717) is 27.4 Å². The highest BCUT2D eigenvalue weighted by Gasteiger charge is 2.47. The van der Waals surface area contributed by atoms with Crippen molar-refractivity contribution in [1.29, 1.82) is 0 Å². The molecule has 0 saturated carbocycles. The SMILES string of the molecule is Cc1ccc(C2(Cc3cccc(OC(F)(F)F)c3)CN(C[C@@H](O)C(F)(F)F)c3ccccc32)cc1Cl. The van der Waals surface area contributed by atoms with Crippen LogP contribution in [-0.2, 0) is 11.8 Å². The Labute approximate surface area is 208 Å². The molecule has 1 N–H and O–H groups in total. The molecule has 3 aromatic rings. The first-order chi connectivity index (χ1) is 16.8. The summed E-state index contributed by atoms with van der Waals surface area (Å²) in [6, 6.07) is 17.7. The summed E-state index contributed by atoms with van der Waals surface area (Å²) in [7, 11) is 0. The van der Waals surface area contributed by atoms with Gasteiger partial charge in [-0.3, -0.25) is 0 Å². The van der Waals surface area contributed by atoms with Crippen LogP contribution in [0.15, 0.2) is 66.7 Å². The second-order valence-corrected chi connectivity index (χ2v) is 9.28. The van der Waals surface area contributed by atoms with Crippen molar-refractivity contribution >= 4 is 17.3 Å². The number of benzene rings is 3. The van der Waals surface area contributed by atoms with Gasteiger partial charge in [0.1, 0.15) is 5.75 Å². The van der Waals surface area contributed by atoms with E-state index in [1.165, 1.54) is 23.1 Å². The van der Waals surface area contributed by atoms with Crippen LogP contribution in [0.2, 0.25) is 5.02 Å². The molecular weight excluding hydrogens is 508 g/mol. The zero-order valence-electron chi connectivity index (χ0n) is 19.0. The van der Waals surface area contributed by atoms with Gasteiger partial charge in [-0.1, -0.05) is 54.1 Å². The molecule has 1 heterocycles. The molecule has 1 aliphatic rings. The van der Waals surface area contributed by atoms with E-state index in [0.717, 1.165) is 5.56 Å². The predicted octanol–water partition coefficient (Wildman–Crippen LogP) is 6.82. The number of ether oxygens (including phenoxy) is 1. The lowest BCUT2D eigenvalue weighted by atomic mass is 9.71. The molecule has 0 spiro atoms. The highest BCUT2D eigenvalue weighted by molar-refractivity contribution is 6.31. The van der Waals surface area contributed by atoms with Crippen molar-refractivity contribution in [2.24, 2.45) is 0 Å². The second kappa shape index (κ2) is 9.52. The zero-order valence-corrected chi connectivity index (χ0v) is 19.8. The second-order valence-electron chi connectivity index (χ2n) is 8.87. The maximum Gasteiger partial charge on any atom is 0.573 e. The number of fused-ring (bicyclic) bond motifs is 1. The van der Waals surface area contributed by atoms with E-state index in [1.54, 1.807) is 42.5 Å². The van der Waals surface area contributed by atoms with E-state index in [4.69, 9.17) is 11.6 Å². The molecule has 1 unspecified atom stereocenters. The Kier molecular flexibility index (Phi) is 6.92. The molecule has 1 aliphatic heterocycles. The molecule has 3 nitrogen and oxygen atoms in total. The van der Waals surface area contributed by atoms with Crippen molar-refractivity contribution in [3.05, 3.63) is 94.0 Å². The number of β-amino-alcohol motifs (C(OH)–C–C–N with tert-alkyl or cyclic N) is 1. The third kappa shape index (κ3) is 5.42. The number of alkyl halides is 6. The number of rotatable bonds is 6. The van der Waals surface area contributed by atoms with Crippen LogP contribution in [0.3, 0.4) is 0 Å². The first-order valence-electron chi connectivity index (χ1n) is 11.0. The van der Waals surface area contributed by atoms with Gasteiger partial charge in [-0.15, -0.1) is 13.2 Å². The Bertz CT molecular complexity index is 1250. The third-order valence-corrected chi connectivity index (χ3v) is 6.76. The summed E-state index contributed by atoms with van der Waals surface area (Å²) < 4.78 is 82.1. The fraction of sp³-hybridized carbons (Fsp3) is 0.308. The molecule has 4 rings (SSSR count). The molecule has 0 amide bonds. The molecule has 0 aliphatic carbocycles. The minimum absolute atomic E-state index is 0.0449. The Balaban J connectivity index is 1.83. The van der Waals surface area contributed by atoms with Crippen molar-refractivity contribution in [2.45, 2.75) is 37.4 Å². The summed E-state index contributed by atoms with van der Waals surface area (Å²) >= 11 is 6.42. The zero-order chi connectivity index (χ0) is 26.3. The number of aryl methyl sites for hydroxylation is 1. The fourth-order valence-corrected chi connectivity index (χ4v) is 4.90. The summed E-state index contributed by atoms with van der Waals surface area (Å²) in [4.78, 5) is 1.46. The van der Waals surface area contributed by atoms with E-state index in [1.807, 2.05) is 13.0 Å². The molecule has 2 atom stereocenters. The standard InChI is InChI=1S/C26H22ClF6NO2/c1-16-9-10-18(12-21(16)27)24(13-17-5-4-6-19(11-17)36-26(31,32)33)15-34(14-23(35)25(28,29)30)22-8-3-2-7-20(22)24/h2-12,23,35H,13-15H2,1H3/t23-,24?/m1/s1. The Hall–Kier alpha value is -2.91. The minimum atomic E-state index is -4.87. The van der Waals surface area contributed by atoms with Gasteiger partial charge >= 0.3 is 12.5 Å². The summed E-state index contributed by atoms with van der Waals surface area (Å²) in [5.74, 6) is -0.396. The number of nitrogens with zero attached hydrogens (tertiary/aromatic N) is 1. The highest BCUT2D eigenvalue weighted by Crippen LogP contribution is 2.48. The van der Waals surface area contributed by atoms with Crippen LogP contribution in [-0.4, -0.2) is 36.8 Å². The summed E-state index contributed by atoms with van der Waals surface area (Å²) in [6.45, 7) is 1.16. The van der Waals surface area contributed by atoms with Gasteiger partial charge < -0.3 is 14.7 Å². The highest BCUT2D eigenvalue weighted by atomic mass is 35.5. The largest absolute Gasteiger partial charge is 0.573 e. The lowest BCUT2D eigenvalue weighted by Crippen LogP contribution is -2.44. The van der Waals surface area contributed by atoms with E-state index in [2.05, 4.69) is 4.74 Å². The van der Waals surface area contributed by atoms with Gasteiger partial charge in [-0.2, -0.15) is 13.2 Å². The van der Waals surface area contributed by atoms with Crippen molar-refractivity contribution in [3.8, 4) is 5.75 Å². The first kappa shape index (κ1) is 26.2. The normalized spacial score (nSPS) is 18.8. The molecular formula is C26H22ClF6NO2. The topological polar surface area (TPSA) is 32.7 Å². The molecule has 192 valence electrons. The number of hydrogen-bond acceptors (Lipinski definition) is 3. The number of halogens is 7. The average molecular weight is 530 g/mol. The lowest BCUT2D eigenvalue weighted by Gasteiger charge is -2.33. The Morgan fingerprint density at radius 1 is 1.00 bits per heavy atom. The van der Waals surface area contributed by atoms with Crippen LogP contribution in [0.1, 0.15) is 22.3 Å². The average Bonchev–Trinajstić information content (AvgIpc) is 3.08. The van der Waals surface area contributed by atoms with E-state index < -0.39 is 36.4 Å². The predicted molar refractivity (Wildman–Crippen MR) is 125 cm³/mol. The number of anilines is 1. The maximum absolute atomic E-state index is 13.2. The fourth-order valence-electron chi connectivity index (χ4n) is 4.72. The van der Waals surface area contributed by atoms with Crippen LogP contribution < -0.4 is 9.64 Å². The number of aliphatic hydroxyl groups excluding tert-OH is 1. The summed E-state index contributed by atoms with van der Waals surface area (Å²) in [5.41, 5.74) is 2.20. The minimum Gasteiger partial charge on any atom is -0.406 e. The molecule has 0 aromatic heterocycles. The van der Waals surface area contributed by atoms with E-state index in [9.17, 15) is 31.4 Å². The van der Waals surface area contributed by atoms with Gasteiger partial charge in [0.05, 0.1) is 6.54 Å². The van der Waals surface area contributed by atoms with Crippen molar-refractivity contribution < 1.29 is 36.2 Å². The van der Waals surface area contributed by atoms with Gasteiger partial charge in [0.2, 0.25) is 0 Å². The quantitative estimate of drug-likeness (QED) is 0.356. The van der Waals surface area contributed by atoms with Crippen LogP contribution in [0.25, 0.3) is 0 Å². The van der Waals surface area contributed by atoms with Gasteiger partial charge in [0, 0.05) is 22.7 Å². The number of hydrogen-bond donors (Lipinski definition) is 1. The maximum atomic E-state index is 13.2. The lowest BCUT2D eigenvalue weighted by molar-refractivity contribution is -0.274. The van der Waals surface area contributed by atoms with Gasteiger partial charge in [0.25, 0.3) is 0 Å². The van der Waals surface area contributed by atoms with Gasteiger partial charge in [0.15, 0.2) is 6.10 Å². The molecule has 0 bridgehead atoms. The van der Waals surface area contributed by atoms with Crippen molar-refractivity contribution in [2.75, 3.05) is 18.0 Å². The van der Waals surface area contributed by atoms with Crippen molar-refractivity contribution in [3.63, 3.8) is 0 Å². The smallest absolute Gasteiger partial charge is 0.406 e. The van der Waals surface area contributed by atoms with E-state index in [-0.39, 0.29) is 13.0 Å². The number of aliphatic hydroxyl groups is 1. The third-order valence-electron chi connectivity index (χ3n) is 6.35. The van der Waals surface area contributed by atoms with Crippen LogP contribution in [0.4, 0.5) is 32.0 Å². The van der Waals surface area contributed by atoms with Crippen LogP contribution >= 0.6 is 11.6 Å². The molecule has 0 saturated heterocycles. The Morgan fingerprint density at radius 2 is 1.72 bits per heavy atom.